The molecule has 0 saturated heterocycles. The lowest BCUT2D eigenvalue weighted by Gasteiger charge is -2.23. The molecule has 2 N–H and O–H groups in total. The SMILES string of the molecule is CN(C)CCOCCNC(=O)C1C2C=CC(C2)C1C(=O)O. The van der Waals surface area contributed by atoms with Crippen LogP contribution >= 0.6 is 0 Å². The number of fused-ring (bicyclic) bond motifs is 2. The molecule has 0 radical (unpaired) electrons. The molecule has 0 spiro atoms. The summed E-state index contributed by atoms with van der Waals surface area (Å²) in [4.78, 5) is 25.6. The number of rotatable bonds is 8. The third-order valence-electron chi connectivity index (χ3n) is 4.28. The second-order valence-electron chi connectivity index (χ2n) is 6.04. The Morgan fingerprint density at radius 3 is 2.52 bits per heavy atom. The number of nitrogens with zero attached hydrogens (tertiary/aromatic N) is 1. The van der Waals surface area contributed by atoms with Crippen LogP contribution in [0.4, 0.5) is 0 Å². The van der Waals surface area contributed by atoms with Crippen molar-refractivity contribution >= 4 is 11.9 Å². The maximum atomic E-state index is 12.2. The Bertz CT molecular complexity index is 422. The van der Waals surface area contributed by atoms with E-state index in [1.807, 2.05) is 31.1 Å². The van der Waals surface area contributed by atoms with E-state index < -0.39 is 17.8 Å². The Hall–Kier alpha value is -1.40. The number of amides is 1. The molecule has 1 fully saturated rings. The van der Waals surface area contributed by atoms with Crippen LogP contribution in [-0.2, 0) is 14.3 Å². The molecule has 1 amide bonds. The number of carboxylic acids is 1. The lowest BCUT2D eigenvalue weighted by molar-refractivity contribution is -0.147. The van der Waals surface area contributed by atoms with Gasteiger partial charge in [0.2, 0.25) is 5.91 Å². The fraction of sp³-hybridized carbons (Fsp3) is 0.733. The highest BCUT2D eigenvalue weighted by atomic mass is 16.5. The third kappa shape index (κ3) is 3.83. The van der Waals surface area contributed by atoms with Gasteiger partial charge in [0, 0.05) is 13.1 Å². The van der Waals surface area contributed by atoms with Gasteiger partial charge in [-0.05, 0) is 32.4 Å². The van der Waals surface area contributed by atoms with Crippen molar-refractivity contribution in [3.8, 4) is 0 Å². The summed E-state index contributed by atoms with van der Waals surface area (Å²) in [5.41, 5.74) is 0. The summed E-state index contributed by atoms with van der Waals surface area (Å²) in [5, 5.41) is 12.1. The van der Waals surface area contributed by atoms with Crippen molar-refractivity contribution in [2.75, 3.05) is 40.4 Å². The molecular weight excluding hydrogens is 272 g/mol. The molecule has 6 nitrogen and oxygen atoms in total. The molecule has 2 rings (SSSR count). The zero-order valence-electron chi connectivity index (χ0n) is 12.6. The second kappa shape index (κ2) is 7.04. The van der Waals surface area contributed by atoms with E-state index in [1.54, 1.807) is 0 Å². The Labute approximate surface area is 125 Å². The number of carbonyl (C=O) groups is 2. The first-order valence-corrected chi connectivity index (χ1v) is 7.42. The average molecular weight is 296 g/mol. The zero-order valence-corrected chi connectivity index (χ0v) is 12.6. The topological polar surface area (TPSA) is 78.9 Å². The van der Waals surface area contributed by atoms with Crippen molar-refractivity contribution < 1.29 is 19.4 Å². The van der Waals surface area contributed by atoms with Crippen molar-refractivity contribution in [3.63, 3.8) is 0 Å². The van der Waals surface area contributed by atoms with Gasteiger partial charge in [0.15, 0.2) is 0 Å². The number of likely N-dealkylation sites (N-methyl/N-ethyl adjacent to an activating group) is 1. The number of carboxylic acid groups (broad SMARTS) is 1. The molecule has 1 saturated carbocycles. The van der Waals surface area contributed by atoms with Crippen LogP contribution in [0.5, 0.6) is 0 Å². The molecule has 0 aromatic rings. The highest BCUT2D eigenvalue weighted by molar-refractivity contribution is 5.86. The normalized spacial score (nSPS) is 30.0. The van der Waals surface area contributed by atoms with Gasteiger partial charge in [0.1, 0.15) is 0 Å². The molecule has 2 bridgehead atoms. The average Bonchev–Trinajstić information content (AvgIpc) is 3.02. The Morgan fingerprint density at radius 1 is 1.24 bits per heavy atom. The van der Waals surface area contributed by atoms with Gasteiger partial charge in [0.25, 0.3) is 0 Å². The maximum absolute atomic E-state index is 12.2. The van der Waals surface area contributed by atoms with E-state index in [4.69, 9.17) is 4.74 Å². The summed E-state index contributed by atoms with van der Waals surface area (Å²) in [6.07, 6.45) is 4.72. The van der Waals surface area contributed by atoms with Crippen molar-refractivity contribution in [1.29, 1.82) is 0 Å². The highest BCUT2D eigenvalue weighted by Gasteiger charge is 2.51. The van der Waals surface area contributed by atoms with Gasteiger partial charge in [-0.15, -0.1) is 0 Å². The number of hydrogen-bond donors (Lipinski definition) is 2. The summed E-state index contributed by atoms with van der Waals surface area (Å²) in [6, 6.07) is 0. The fourth-order valence-electron chi connectivity index (χ4n) is 3.23. The molecule has 0 aliphatic heterocycles. The molecule has 2 aliphatic rings. The van der Waals surface area contributed by atoms with Gasteiger partial charge in [-0.3, -0.25) is 9.59 Å². The van der Waals surface area contributed by atoms with E-state index in [2.05, 4.69) is 5.32 Å². The molecule has 0 aromatic carbocycles. The minimum Gasteiger partial charge on any atom is -0.481 e. The number of hydrogen-bond acceptors (Lipinski definition) is 4. The fourth-order valence-corrected chi connectivity index (χ4v) is 3.23. The van der Waals surface area contributed by atoms with Crippen LogP contribution in [-0.4, -0.2) is 62.3 Å². The molecule has 21 heavy (non-hydrogen) atoms. The number of ether oxygens (including phenoxy) is 1. The minimum absolute atomic E-state index is 0.0135. The smallest absolute Gasteiger partial charge is 0.307 e. The lowest BCUT2D eigenvalue weighted by Crippen LogP contribution is -2.41. The van der Waals surface area contributed by atoms with Crippen LogP contribution in [0.25, 0.3) is 0 Å². The van der Waals surface area contributed by atoms with Crippen LogP contribution in [0.2, 0.25) is 0 Å². The quantitative estimate of drug-likeness (QED) is 0.494. The molecule has 0 heterocycles. The predicted octanol–water partition coefficient (Wildman–Crippen LogP) is 0.204. The molecule has 6 heteroatoms. The molecule has 2 aliphatic carbocycles. The summed E-state index contributed by atoms with van der Waals surface area (Å²) in [5.74, 6) is -1.94. The summed E-state index contributed by atoms with van der Waals surface area (Å²) >= 11 is 0. The van der Waals surface area contributed by atoms with Gasteiger partial charge in [-0.1, -0.05) is 12.2 Å². The molecule has 4 unspecified atom stereocenters. The number of nitrogens with one attached hydrogen (secondary N) is 1. The van der Waals surface area contributed by atoms with E-state index in [0.29, 0.717) is 19.8 Å². The maximum Gasteiger partial charge on any atom is 0.307 e. The van der Waals surface area contributed by atoms with Gasteiger partial charge >= 0.3 is 5.97 Å². The van der Waals surface area contributed by atoms with E-state index in [-0.39, 0.29) is 17.7 Å². The number of carbonyl (C=O) groups excluding carboxylic acids is 1. The van der Waals surface area contributed by atoms with Gasteiger partial charge in [-0.25, -0.2) is 0 Å². The van der Waals surface area contributed by atoms with Crippen LogP contribution in [0.15, 0.2) is 12.2 Å². The predicted molar refractivity (Wildman–Crippen MR) is 77.7 cm³/mol. The van der Waals surface area contributed by atoms with Crippen LogP contribution < -0.4 is 5.32 Å². The monoisotopic (exact) mass is 296 g/mol. The van der Waals surface area contributed by atoms with Crippen molar-refractivity contribution in [2.45, 2.75) is 6.42 Å². The van der Waals surface area contributed by atoms with Crippen LogP contribution in [0.1, 0.15) is 6.42 Å². The summed E-state index contributed by atoms with van der Waals surface area (Å²) < 4.78 is 5.41. The molecule has 4 atom stereocenters. The van der Waals surface area contributed by atoms with E-state index in [1.165, 1.54) is 0 Å². The number of aliphatic carboxylic acids is 1. The largest absolute Gasteiger partial charge is 0.481 e. The van der Waals surface area contributed by atoms with E-state index in [0.717, 1.165) is 13.0 Å². The highest BCUT2D eigenvalue weighted by Crippen LogP contribution is 2.48. The van der Waals surface area contributed by atoms with Crippen molar-refractivity contribution in [2.24, 2.45) is 23.7 Å². The first-order valence-electron chi connectivity index (χ1n) is 7.42. The molecule has 0 aromatic heterocycles. The number of allylic oxidation sites excluding steroid dienone is 2. The van der Waals surface area contributed by atoms with Crippen LogP contribution in [0, 0.1) is 23.7 Å². The zero-order chi connectivity index (χ0) is 15.4. The summed E-state index contributed by atoms with van der Waals surface area (Å²) in [7, 11) is 3.94. The molecule has 118 valence electrons. The van der Waals surface area contributed by atoms with E-state index in [9.17, 15) is 14.7 Å². The third-order valence-corrected chi connectivity index (χ3v) is 4.28. The minimum atomic E-state index is -0.866. The first-order chi connectivity index (χ1) is 10.0. The molecular formula is C15H24N2O4. The second-order valence-corrected chi connectivity index (χ2v) is 6.04. The first kappa shape index (κ1) is 16.0. The van der Waals surface area contributed by atoms with Crippen LogP contribution in [0.3, 0.4) is 0 Å². The van der Waals surface area contributed by atoms with Crippen molar-refractivity contribution in [1.82, 2.24) is 10.2 Å². The van der Waals surface area contributed by atoms with Gasteiger partial charge in [-0.2, -0.15) is 0 Å². The Kier molecular flexibility index (Phi) is 5.36. The Balaban J connectivity index is 1.73. The Morgan fingerprint density at radius 2 is 1.90 bits per heavy atom. The van der Waals surface area contributed by atoms with Gasteiger partial charge in [0.05, 0.1) is 25.0 Å². The lowest BCUT2D eigenvalue weighted by atomic mass is 9.82. The summed E-state index contributed by atoms with van der Waals surface area (Å²) in [6.45, 7) is 2.34. The van der Waals surface area contributed by atoms with Crippen molar-refractivity contribution in [3.05, 3.63) is 12.2 Å². The standard InChI is InChI=1S/C15H24N2O4/c1-17(2)6-8-21-7-5-16-14(18)12-10-3-4-11(9-10)13(12)15(19)20/h3-4,10-13H,5-9H2,1-2H3,(H,16,18)(H,19,20). The van der Waals surface area contributed by atoms with E-state index >= 15 is 0 Å². The van der Waals surface area contributed by atoms with Gasteiger partial charge < -0.3 is 20.1 Å².